The van der Waals surface area contributed by atoms with Crippen molar-refractivity contribution in [3.05, 3.63) is 71.0 Å². The van der Waals surface area contributed by atoms with Crippen LogP contribution in [0.2, 0.25) is 10.0 Å². The molecular weight excluding hydrogens is 295 g/mol. The number of rotatable bonds is 3. The first-order valence-corrected chi connectivity index (χ1v) is 6.70. The summed E-state index contributed by atoms with van der Waals surface area (Å²) in [5.74, 6) is 1.32. The summed E-state index contributed by atoms with van der Waals surface area (Å²) in [6, 6.07) is 14.6. The normalized spacial score (nSPS) is 10.5. The van der Waals surface area contributed by atoms with Crippen LogP contribution in [0.3, 0.4) is 0 Å². The molecule has 0 aliphatic rings. The third-order valence-electron chi connectivity index (χ3n) is 2.68. The first-order valence-electron chi connectivity index (χ1n) is 5.95. The van der Waals surface area contributed by atoms with E-state index < -0.39 is 0 Å². The van der Waals surface area contributed by atoms with Crippen molar-refractivity contribution in [3.63, 3.8) is 0 Å². The lowest BCUT2D eigenvalue weighted by Gasteiger charge is -2.03. The molecule has 0 spiro atoms. The van der Waals surface area contributed by atoms with Crippen molar-refractivity contribution in [2.45, 2.75) is 0 Å². The molecule has 0 saturated heterocycles. The van der Waals surface area contributed by atoms with Gasteiger partial charge in [0.25, 0.3) is 0 Å². The smallest absolute Gasteiger partial charge is 0.165 e. The van der Waals surface area contributed by atoms with E-state index in [0.29, 0.717) is 21.5 Å². The highest BCUT2D eigenvalue weighted by atomic mass is 35.5. The maximum atomic E-state index is 5.91. The maximum absolute atomic E-state index is 5.91. The van der Waals surface area contributed by atoms with Crippen LogP contribution in [0.4, 0.5) is 0 Å². The summed E-state index contributed by atoms with van der Waals surface area (Å²) >= 11 is 11.8. The Bertz CT molecular complexity index is 723. The quantitative estimate of drug-likeness (QED) is 0.683. The molecule has 0 amide bonds. The zero-order chi connectivity index (χ0) is 13.9. The number of aromatic nitrogens is 2. The lowest BCUT2D eigenvalue weighted by Crippen LogP contribution is -1.92. The van der Waals surface area contributed by atoms with Crippen LogP contribution < -0.4 is 4.74 Å². The van der Waals surface area contributed by atoms with Gasteiger partial charge in [-0.25, -0.2) is 4.68 Å². The van der Waals surface area contributed by atoms with E-state index in [-0.39, 0.29) is 0 Å². The number of ether oxygens (including phenoxy) is 1. The van der Waals surface area contributed by atoms with Gasteiger partial charge in [-0.1, -0.05) is 29.3 Å². The van der Waals surface area contributed by atoms with E-state index >= 15 is 0 Å². The van der Waals surface area contributed by atoms with Gasteiger partial charge in [0.05, 0.1) is 18.1 Å². The Labute approximate surface area is 126 Å². The van der Waals surface area contributed by atoms with Crippen molar-refractivity contribution in [2.24, 2.45) is 0 Å². The van der Waals surface area contributed by atoms with Crippen LogP contribution in [0, 0.1) is 0 Å². The summed E-state index contributed by atoms with van der Waals surface area (Å²) in [4.78, 5) is 0. The van der Waals surface area contributed by atoms with Crippen molar-refractivity contribution < 1.29 is 4.74 Å². The Hall–Kier alpha value is -1.97. The van der Waals surface area contributed by atoms with Crippen molar-refractivity contribution in [1.82, 2.24) is 9.78 Å². The second-order valence-corrected chi connectivity index (χ2v) is 5.03. The molecule has 0 aliphatic heterocycles. The fourth-order valence-electron chi connectivity index (χ4n) is 1.76. The Kier molecular flexibility index (Phi) is 3.63. The molecule has 3 aromatic rings. The van der Waals surface area contributed by atoms with E-state index in [1.54, 1.807) is 29.2 Å². The fraction of sp³-hybridized carbons (Fsp3) is 0. The Morgan fingerprint density at radius 1 is 0.900 bits per heavy atom. The first kappa shape index (κ1) is 13.0. The number of halogens is 2. The minimum atomic E-state index is 0.632. The van der Waals surface area contributed by atoms with Crippen LogP contribution in [0.5, 0.6) is 11.5 Å². The molecule has 0 saturated carbocycles. The van der Waals surface area contributed by atoms with Gasteiger partial charge in [0.15, 0.2) is 5.75 Å². The topological polar surface area (TPSA) is 27.1 Å². The summed E-state index contributed by atoms with van der Waals surface area (Å²) in [6.45, 7) is 0. The predicted molar refractivity (Wildman–Crippen MR) is 80.1 cm³/mol. The largest absolute Gasteiger partial charge is 0.454 e. The molecule has 0 N–H and O–H groups in total. The summed E-state index contributed by atoms with van der Waals surface area (Å²) in [6.07, 6.45) is 3.44. The van der Waals surface area contributed by atoms with E-state index in [1.165, 1.54) is 0 Å². The average Bonchev–Trinajstić information content (AvgIpc) is 2.88. The molecule has 1 heterocycles. The predicted octanol–water partition coefficient (Wildman–Crippen LogP) is 4.97. The Morgan fingerprint density at radius 2 is 1.70 bits per heavy atom. The van der Waals surface area contributed by atoms with E-state index in [4.69, 9.17) is 27.9 Å². The lowest BCUT2D eigenvalue weighted by atomic mass is 10.3. The van der Waals surface area contributed by atoms with Crippen LogP contribution in [-0.2, 0) is 0 Å². The van der Waals surface area contributed by atoms with Gasteiger partial charge >= 0.3 is 0 Å². The molecular formula is C15H10Cl2N2O. The van der Waals surface area contributed by atoms with Gasteiger partial charge in [-0.15, -0.1) is 0 Å². The molecule has 0 radical (unpaired) electrons. The van der Waals surface area contributed by atoms with Crippen LogP contribution in [0.15, 0.2) is 60.9 Å². The molecule has 2 aromatic carbocycles. The summed E-state index contributed by atoms with van der Waals surface area (Å²) in [7, 11) is 0. The van der Waals surface area contributed by atoms with Crippen LogP contribution in [0.1, 0.15) is 0 Å². The Morgan fingerprint density at radius 3 is 2.45 bits per heavy atom. The first-order chi connectivity index (χ1) is 9.70. The molecule has 0 fully saturated rings. The minimum Gasteiger partial charge on any atom is -0.454 e. The van der Waals surface area contributed by atoms with Crippen molar-refractivity contribution in [3.8, 4) is 17.2 Å². The molecule has 3 nitrogen and oxygen atoms in total. The zero-order valence-electron chi connectivity index (χ0n) is 10.3. The highest BCUT2D eigenvalue weighted by Crippen LogP contribution is 2.24. The summed E-state index contributed by atoms with van der Waals surface area (Å²) < 4.78 is 7.41. The second-order valence-electron chi connectivity index (χ2n) is 4.16. The molecule has 0 unspecified atom stereocenters. The molecule has 20 heavy (non-hydrogen) atoms. The Balaban J connectivity index is 1.82. The van der Waals surface area contributed by atoms with Crippen LogP contribution >= 0.6 is 23.2 Å². The molecule has 0 aliphatic carbocycles. The minimum absolute atomic E-state index is 0.632. The highest BCUT2D eigenvalue weighted by Gasteiger charge is 2.03. The molecule has 3 rings (SSSR count). The van der Waals surface area contributed by atoms with E-state index in [0.717, 1.165) is 5.69 Å². The standard InChI is InChI=1S/C15H10Cl2N2O/c16-11-4-6-13(7-5-11)19-10-15(9-18-19)20-14-3-1-2-12(17)8-14/h1-10H. The van der Waals surface area contributed by atoms with E-state index in [9.17, 15) is 0 Å². The van der Waals surface area contributed by atoms with E-state index in [1.807, 2.05) is 36.4 Å². The van der Waals surface area contributed by atoms with E-state index in [2.05, 4.69) is 5.10 Å². The number of hydrogen-bond acceptors (Lipinski definition) is 2. The van der Waals surface area contributed by atoms with Crippen molar-refractivity contribution >= 4 is 23.2 Å². The number of hydrogen-bond donors (Lipinski definition) is 0. The fourth-order valence-corrected chi connectivity index (χ4v) is 2.07. The van der Waals surface area contributed by atoms with Gasteiger partial charge in [0.1, 0.15) is 5.75 Å². The van der Waals surface area contributed by atoms with Crippen molar-refractivity contribution in [1.29, 1.82) is 0 Å². The van der Waals surface area contributed by atoms with Gasteiger partial charge in [-0.3, -0.25) is 0 Å². The SMILES string of the molecule is Clc1ccc(-n2cc(Oc3cccc(Cl)c3)cn2)cc1. The third-order valence-corrected chi connectivity index (χ3v) is 3.17. The van der Waals surface area contributed by atoms with Crippen molar-refractivity contribution in [2.75, 3.05) is 0 Å². The molecule has 1 aromatic heterocycles. The number of nitrogens with zero attached hydrogens (tertiary/aromatic N) is 2. The van der Waals surface area contributed by atoms with Crippen LogP contribution in [-0.4, -0.2) is 9.78 Å². The summed E-state index contributed by atoms with van der Waals surface area (Å²) in [5, 5.41) is 5.57. The average molecular weight is 305 g/mol. The van der Waals surface area contributed by atoms with Gasteiger partial charge in [-0.05, 0) is 42.5 Å². The van der Waals surface area contributed by atoms with Gasteiger partial charge in [-0.2, -0.15) is 5.10 Å². The van der Waals surface area contributed by atoms with Gasteiger partial charge in [0, 0.05) is 10.0 Å². The summed E-state index contributed by atoms with van der Waals surface area (Å²) in [5.41, 5.74) is 0.912. The van der Waals surface area contributed by atoms with Gasteiger partial charge in [0.2, 0.25) is 0 Å². The molecule has 100 valence electrons. The molecule has 0 bridgehead atoms. The highest BCUT2D eigenvalue weighted by molar-refractivity contribution is 6.30. The monoisotopic (exact) mass is 304 g/mol. The van der Waals surface area contributed by atoms with Gasteiger partial charge < -0.3 is 4.74 Å². The maximum Gasteiger partial charge on any atom is 0.165 e. The lowest BCUT2D eigenvalue weighted by molar-refractivity contribution is 0.482. The second kappa shape index (κ2) is 5.57. The molecule has 0 atom stereocenters. The zero-order valence-corrected chi connectivity index (χ0v) is 11.8. The third kappa shape index (κ3) is 2.95. The molecule has 5 heteroatoms. The van der Waals surface area contributed by atoms with Crippen LogP contribution in [0.25, 0.3) is 5.69 Å². The number of benzene rings is 2.